The number of amides is 2. The summed E-state index contributed by atoms with van der Waals surface area (Å²) in [4.78, 5) is 26.5. The van der Waals surface area contributed by atoms with E-state index in [4.69, 9.17) is 27.9 Å². The molecule has 0 bridgehead atoms. The Morgan fingerprint density at radius 2 is 1.93 bits per heavy atom. The predicted molar refractivity (Wildman–Crippen MR) is 107 cm³/mol. The van der Waals surface area contributed by atoms with Gasteiger partial charge in [0.1, 0.15) is 6.04 Å². The summed E-state index contributed by atoms with van der Waals surface area (Å²) in [6.07, 6.45) is 0.385. The molecule has 2 amide bonds. The molecule has 5 nitrogen and oxygen atoms in total. The number of halogens is 3. The highest BCUT2D eigenvalue weighted by Crippen LogP contribution is 2.24. The number of para-hydroxylation sites is 1. The molecule has 2 rings (SSSR count). The molecule has 0 saturated heterocycles. The van der Waals surface area contributed by atoms with Crippen LogP contribution in [0.15, 0.2) is 42.5 Å². The van der Waals surface area contributed by atoms with Gasteiger partial charge in [0, 0.05) is 23.6 Å². The quantitative estimate of drug-likeness (QED) is 0.691. The van der Waals surface area contributed by atoms with Gasteiger partial charge in [0.15, 0.2) is 18.2 Å². The fourth-order valence-corrected chi connectivity index (χ4v) is 3.17. The molecular weight excluding hydrogens is 406 g/mol. The maximum Gasteiger partial charge on any atom is 0.261 e. The summed E-state index contributed by atoms with van der Waals surface area (Å²) in [5, 5.41) is 3.40. The van der Waals surface area contributed by atoms with Crippen molar-refractivity contribution in [2.75, 3.05) is 13.7 Å². The molecule has 0 saturated carbocycles. The summed E-state index contributed by atoms with van der Waals surface area (Å²) in [5.41, 5.74) is 0.632. The molecule has 0 aliphatic rings. The molecule has 1 N–H and O–H groups in total. The summed E-state index contributed by atoms with van der Waals surface area (Å²) in [6.45, 7) is 1.46. The zero-order chi connectivity index (χ0) is 20.7. The highest BCUT2D eigenvalue weighted by Gasteiger charge is 2.29. The molecule has 0 spiro atoms. The van der Waals surface area contributed by atoms with E-state index in [1.807, 2.05) is 0 Å². The van der Waals surface area contributed by atoms with Gasteiger partial charge >= 0.3 is 0 Å². The summed E-state index contributed by atoms with van der Waals surface area (Å²) in [6, 6.07) is 9.99. The smallest absolute Gasteiger partial charge is 0.261 e. The third kappa shape index (κ3) is 5.59. The highest BCUT2D eigenvalue weighted by molar-refractivity contribution is 6.35. The van der Waals surface area contributed by atoms with E-state index in [0.29, 0.717) is 22.0 Å². The predicted octanol–water partition coefficient (Wildman–Crippen LogP) is 4.06. The minimum Gasteiger partial charge on any atom is -0.481 e. The Bertz CT molecular complexity index is 848. The topological polar surface area (TPSA) is 58.6 Å². The number of nitrogens with zero attached hydrogens (tertiary/aromatic N) is 1. The molecule has 0 aromatic heterocycles. The Hall–Kier alpha value is -2.31. The van der Waals surface area contributed by atoms with Crippen LogP contribution >= 0.6 is 23.2 Å². The minimum atomic E-state index is -0.728. The van der Waals surface area contributed by atoms with E-state index in [1.165, 1.54) is 30.1 Å². The van der Waals surface area contributed by atoms with Crippen LogP contribution in [0.25, 0.3) is 0 Å². The Kier molecular flexibility index (Phi) is 8.08. The van der Waals surface area contributed by atoms with Crippen LogP contribution in [0.5, 0.6) is 5.75 Å². The van der Waals surface area contributed by atoms with E-state index in [-0.39, 0.29) is 18.2 Å². The second-order valence-electron chi connectivity index (χ2n) is 6.01. The van der Waals surface area contributed by atoms with Crippen LogP contribution in [-0.2, 0) is 16.1 Å². The van der Waals surface area contributed by atoms with Crippen molar-refractivity contribution in [2.24, 2.45) is 0 Å². The molecule has 28 heavy (non-hydrogen) atoms. The lowest BCUT2D eigenvalue weighted by Crippen LogP contribution is -2.49. The van der Waals surface area contributed by atoms with Gasteiger partial charge in [-0.3, -0.25) is 9.59 Å². The molecule has 8 heteroatoms. The summed E-state index contributed by atoms with van der Waals surface area (Å²) >= 11 is 12.2. The number of hydrogen-bond acceptors (Lipinski definition) is 3. The molecule has 2 aromatic rings. The van der Waals surface area contributed by atoms with Gasteiger partial charge in [-0.25, -0.2) is 4.39 Å². The average Bonchev–Trinajstić information content (AvgIpc) is 2.68. The second kappa shape index (κ2) is 10.3. The van der Waals surface area contributed by atoms with Crippen molar-refractivity contribution in [3.8, 4) is 5.75 Å². The van der Waals surface area contributed by atoms with Crippen molar-refractivity contribution < 1.29 is 18.7 Å². The summed E-state index contributed by atoms with van der Waals surface area (Å²) < 4.78 is 19.1. The Balaban J connectivity index is 2.24. The lowest BCUT2D eigenvalue weighted by Gasteiger charge is -2.30. The zero-order valence-corrected chi connectivity index (χ0v) is 17.1. The molecular formula is C20H21Cl2FN2O3. The van der Waals surface area contributed by atoms with Crippen LogP contribution in [0.2, 0.25) is 10.0 Å². The molecule has 0 aliphatic heterocycles. The fourth-order valence-electron chi connectivity index (χ4n) is 2.70. The number of nitrogens with one attached hydrogen (secondary N) is 1. The first-order chi connectivity index (χ1) is 13.4. The number of ether oxygens (including phenoxy) is 1. The van der Waals surface area contributed by atoms with Crippen molar-refractivity contribution in [3.63, 3.8) is 0 Å². The molecule has 0 radical (unpaired) electrons. The molecule has 0 aliphatic carbocycles. The van der Waals surface area contributed by atoms with Crippen LogP contribution in [0.3, 0.4) is 0 Å². The van der Waals surface area contributed by atoms with Gasteiger partial charge in [0.2, 0.25) is 5.91 Å². The van der Waals surface area contributed by atoms with E-state index in [9.17, 15) is 14.0 Å². The molecule has 0 fully saturated rings. The van der Waals surface area contributed by atoms with Crippen molar-refractivity contribution in [1.82, 2.24) is 10.2 Å². The maximum atomic E-state index is 13.7. The van der Waals surface area contributed by atoms with Gasteiger partial charge in [-0.1, -0.05) is 48.3 Å². The second-order valence-corrected chi connectivity index (χ2v) is 6.86. The van der Waals surface area contributed by atoms with Crippen LogP contribution < -0.4 is 10.1 Å². The number of carbonyl (C=O) groups excluding carboxylic acids is 2. The normalized spacial score (nSPS) is 11.6. The third-order valence-electron chi connectivity index (χ3n) is 4.18. The first-order valence-corrected chi connectivity index (χ1v) is 9.45. The van der Waals surface area contributed by atoms with Crippen molar-refractivity contribution in [2.45, 2.75) is 25.9 Å². The van der Waals surface area contributed by atoms with Gasteiger partial charge in [0.05, 0.1) is 0 Å². The van der Waals surface area contributed by atoms with Gasteiger partial charge in [-0.2, -0.15) is 0 Å². The van der Waals surface area contributed by atoms with E-state index in [0.717, 1.165) is 0 Å². The highest BCUT2D eigenvalue weighted by atomic mass is 35.5. The van der Waals surface area contributed by atoms with E-state index >= 15 is 0 Å². The van der Waals surface area contributed by atoms with Gasteiger partial charge in [-0.05, 0) is 36.2 Å². The minimum absolute atomic E-state index is 0.0340. The molecule has 0 heterocycles. The Morgan fingerprint density at radius 1 is 1.21 bits per heavy atom. The van der Waals surface area contributed by atoms with Crippen molar-refractivity contribution >= 4 is 35.0 Å². The van der Waals surface area contributed by atoms with Crippen molar-refractivity contribution in [3.05, 3.63) is 63.9 Å². The number of rotatable bonds is 8. The zero-order valence-electron chi connectivity index (χ0n) is 15.5. The number of likely N-dealkylation sites (N-methyl/N-ethyl adjacent to an activating group) is 1. The lowest BCUT2D eigenvalue weighted by molar-refractivity contribution is -0.142. The molecule has 0 unspecified atom stereocenters. The van der Waals surface area contributed by atoms with Crippen LogP contribution in [0.4, 0.5) is 4.39 Å². The van der Waals surface area contributed by atoms with Gasteiger partial charge < -0.3 is 15.0 Å². The maximum absolute atomic E-state index is 13.7. The number of carbonyl (C=O) groups is 2. The number of benzene rings is 2. The fraction of sp³-hybridized carbons (Fsp3) is 0.300. The van der Waals surface area contributed by atoms with Gasteiger partial charge in [-0.15, -0.1) is 0 Å². The molecule has 2 aromatic carbocycles. The Morgan fingerprint density at radius 3 is 2.54 bits per heavy atom. The van der Waals surface area contributed by atoms with E-state index in [2.05, 4.69) is 5.32 Å². The third-order valence-corrected chi connectivity index (χ3v) is 4.76. The van der Waals surface area contributed by atoms with Crippen LogP contribution in [-0.4, -0.2) is 36.4 Å². The van der Waals surface area contributed by atoms with Crippen molar-refractivity contribution in [1.29, 1.82) is 0 Å². The monoisotopic (exact) mass is 426 g/mol. The van der Waals surface area contributed by atoms with Crippen LogP contribution in [0, 0.1) is 5.82 Å². The largest absolute Gasteiger partial charge is 0.481 e. The summed E-state index contributed by atoms with van der Waals surface area (Å²) in [7, 11) is 1.50. The molecule has 1 atom stereocenters. The first kappa shape index (κ1) is 22.0. The van der Waals surface area contributed by atoms with Crippen LogP contribution in [0.1, 0.15) is 18.9 Å². The van der Waals surface area contributed by atoms with Gasteiger partial charge in [0.25, 0.3) is 5.91 Å². The first-order valence-electron chi connectivity index (χ1n) is 8.69. The number of hydrogen-bond donors (Lipinski definition) is 1. The van der Waals surface area contributed by atoms with E-state index in [1.54, 1.807) is 31.2 Å². The standard InChI is InChI=1S/C20H21Cl2FN2O3/c1-3-17(20(27)24-2)25(11-13-8-9-14(21)10-15(13)22)19(26)12-28-18-7-5-4-6-16(18)23/h4-10,17H,3,11-12H2,1-2H3,(H,24,27)/t17-/m1/s1. The Labute approximate surface area is 173 Å². The van der Waals surface area contributed by atoms with E-state index < -0.39 is 24.4 Å². The SMILES string of the molecule is CC[C@H](C(=O)NC)N(Cc1ccc(Cl)cc1Cl)C(=O)COc1ccccc1F. The molecule has 150 valence electrons. The average molecular weight is 427 g/mol. The lowest BCUT2D eigenvalue weighted by atomic mass is 10.1. The summed E-state index contributed by atoms with van der Waals surface area (Å²) in [5.74, 6) is -1.38.